The maximum atomic E-state index is 12.9. The van der Waals surface area contributed by atoms with E-state index in [9.17, 15) is 24.3 Å². The lowest BCUT2D eigenvalue weighted by molar-refractivity contribution is -0.152. The number of hydrogen-bond donors (Lipinski definition) is 4. The number of allylic oxidation sites excluding steroid dienone is 2. The van der Waals surface area contributed by atoms with Gasteiger partial charge in [-0.15, -0.1) is 0 Å². The van der Waals surface area contributed by atoms with Gasteiger partial charge >= 0.3 is 12.1 Å². The van der Waals surface area contributed by atoms with Crippen LogP contribution in [0.2, 0.25) is 0 Å². The van der Waals surface area contributed by atoms with E-state index >= 15 is 0 Å². The predicted octanol–water partition coefficient (Wildman–Crippen LogP) is 3.56. The Kier molecular flexibility index (Phi) is 15.5. The fraction of sp³-hybridized carbons (Fsp3) is 0.371. The van der Waals surface area contributed by atoms with Gasteiger partial charge in [0.2, 0.25) is 11.8 Å². The Morgan fingerprint density at radius 1 is 0.867 bits per heavy atom. The first kappa shape index (κ1) is 36.1. The number of hydrogen-bond acceptors (Lipinski definition) is 7. The van der Waals surface area contributed by atoms with Crippen LogP contribution in [-0.2, 0) is 23.9 Å². The van der Waals surface area contributed by atoms with Gasteiger partial charge in [-0.05, 0) is 51.0 Å². The predicted molar refractivity (Wildman–Crippen MR) is 170 cm³/mol. The van der Waals surface area contributed by atoms with Gasteiger partial charge in [-0.2, -0.15) is 0 Å². The van der Waals surface area contributed by atoms with Crippen molar-refractivity contribution in [3.05, 3.63) is 83.9 Å². The summed E-state index contributed by atoms with van der Waals surface area (Å²) in [6, 6.07) is 16.5. The number of aliphatic hydroxyl groups excluding tert-OH is 1. The van der Waals surface area contributed by atoms with Crippen LogP contribution >= 0.6 is 0 Å². The van der Waals surface area contributed by atoms with E-state index in [-0.39, 0.29) is 18.7 Å². The van der Waals surface area contributed by atoms with Crippen molar-refractivity contribution < 1.29 is 33.8 Å². The van der Waals surface area contributed by atoms with Crippen molar-refractivity contribution in [2.45, 2.75) is 70.7 Å². The van der Waals surface area contributed by atoms with Crippen LogP contribution in [0.1, 0.15) is 64.2 Å². The minimum atomic E-state index is -1.22. The van der Waals surface area contributed by atoms with Crippen LogP contribution < -0.4 is 16.0 Å². The molecule has 0 aliphatic rings. The molecule has 0 aromatic heterocycles. The lowest BCUT2D eigenvalue weighted by Gasteiger charge is -2.22. The third kappa shape index (κ3) is 14.8. The van der Waals surface area contributed by atoms with E-state index in [0.29, 0.717) is 13.0 Å². The molecule has 2 rings (SSSR count). The van der Waals surface area contributed by atoms with Crippen LogP contribution in [0.5, 0.6) is 0 Å². The minimum Gasteiger partial charge on any atom is -0.451 e. The number of aliphatic hydroxyl groups is 1. The molecule has 238 valence electrons. The quantitative estimate of drug-likeness (QED) is 0.162. The van der Waals surface area contributed by atoms with E-state index in [4.69, 9.17) is 9.47 Å². The van der Waals surface area contributed by atoms with Gasteiger partial charge in [-0.3, -0.25) is 9.59 Å². The van der Waals surface area contributed by atoms with Crippen molar-refractivity contribution in [3.8, 4) is 23.7 Å². The fourth-order valence-electron chi connectivity index (χ4n) is 3.70. The Morgan fingerprint density at radius 3 is 1.96 bits per heavy atom. The minimum absolute atomic E-state index is 0.0258. The van der Waals surface area contributed by atoms with Crippen LogP contribution in [0.3, 0.4) is 0 Å². The SMILES string of the molecule is C[C@H](NC(=O)OC(C)(C)C)C(=O)NCCC#C/C=C/C#CCCC(=O)N[C@@H](CO)C(=O)OC(c1ccccc1)c1ccccc1. The molecule has 0 bridgehead atoms. The lowest BCUT2D eigenvalue weighted by Crippen LogP contribution is -2.46. The van der Waals surface area contributed by atoms with Gasteiger partial charge in [0.05, 0.1) is 6.61 Å². The van der Waals surface area contributed by atoms with Crippen LogP contribution in [-0.4, -0.2) is 59.8 Å². The third-order valence-electron chi connectivity index (χ3n) is 5.85. The summed E-state index contributed by atoms with van der Waals surface area (Å²) in [7, 11) is 0. The summed E-state index contributed by atoms with van der Waals surface area (Å²) in [5.74, 6) is 9.73. The zero-order valence-corrected chi connectivity index (χ0v) is 26.1. The molecule has 0 aliphatic heterocycles. The molecule has 0 heterocycles. The van der Waals surface area contributed by atoms with Crippen molar-refractivity contribution in [1.29, 1.82) is 0 Å². The van der Waals surface area contributed by atoms with Gasteiger partial charge in [0.15, 0.2) is 12.1 Å². The summed E-state index contributed by atoms with van der Waals surface area (Å²) < 4.78 is 10.9. The standard InChI is InChI=1S/C35H41N3O7/c1-26(37-34(43)45-35(2,3)4)32(41)36-24-18-10-8-6-5-7-9-17-23-30(40)38-29(25-39)33(42)44-31(27-19-13-11-14-20-27)28-21-15-12-16-22-28/h5-6,11-16,19-22,26,29,31,39H,17-18,23-25H2,1-4H3,(H,36,41)(H,37,43)(H,38,40)/b6-5+/t26-,29-/m0/s1. The number of carbonyl (C=O) groups excluding carboxylic acids is 4. The second kappa shape index (κ2) is 19.3. The molecule has 2 atom stereocenters. The topological polar surface area (TPSA) is 143 Å². The molecule has 10 nitrogen and oxygen atoms in total. The summed E-state index contributed by atoms with van der Waals surface area (Å²) in [6.07, 6.45) is 2.39. The van der Waals surface area contributed by atoms with Crippen molar-refractivity contribution >= 4 is 23.9 Å². The molecule has 0 spiro atoms. The average molecular weight is 616 g/mol. The largest absolute Gasteiger partial charge is 0.451 e. The highest BCUT2D eigenvalue weighted by Gasteiger charge is 2.26. The zero-order valence-electron chi connectivity index (χ0n) is 26.1. The van der Waals surface area contributed by atoms with Gasteiger partial charge in [0.1, 0.15) is 11.6 Å². The monoisotopic (exact) mass is 615 g/mol. The number of carbonyl (C=O) groups is 4. The molecule has 2 aromatic carbocycles. The second-order valence-electron chi connectivity index (χ2n) is 10.8. The van der Waals surface area contributed by atoms with E-state index in [0.717, 1.165) is 11.1 Å². The number of esters is 1. The molecule has 2 aromatic rings. The Bertz CT molecular complexity index is 1370. The molecule has 4 N–H and O–H groups in total. The first-order chi connectivity index (χ1) is 21.5. The highest BCUT2D eigenvalue weighted by atomic mass is 16.6. The number of rotatable bonds is 12. The Morgan fingerprint density at radius 2 is 1.42 bits per heavy atom. The molecule has 0 saturated carbocycles. The number of amides is 3. The highest BCUT2D eigenvalue weighted by molar-refractivity contribution is 5.85. The maximum absolute atomic E-state index is 12.9. The molecule has 0 unspecified atom stereocenters. The molecule has 0 saturated heterocycles. The number of nitrogens with one attached hydrogen (secondary N) is 3. The van der Waals surface area contributed by atoms with Crippen LogP contribution in [0.25, 0.3) is 0 Å². The lowest BCUT2D eigenvalue weighted by atomic mass is 10.0. The molecule has 0 radical (unpaired) electrons. The third-order valence-corrected chi connectivity index (χ3v) is 5.85. The molecule has 0 aliphatic carbocycles. The van der Waals surface area contributed by atoms with E-state index in [2.05, 4.69) is 39.6 Å². The molecule has 10 heteroatoms. The highest BCUT2D eigenvalue weighted by Crippen LogP contribution is 2.26. The first-order valence-corrected chi connectivity index (χ1v) is 14.6. The summed E-state index contributed by atoms with van der Waals surface area (Å²) in [5.41, 5.74) is 0.874. The van der Waals surface area contributed by atoms with Crippen molar-refractivity contribution in [3.63, 3.8) is 0 Å². The van der Waals surface area contributed by atoms with Crippen molar-refractivity contribution in [2.24, 2.45) is 0 Å². The summed E-state index contributed by atoms with van der Waals surface area (Å²) in [5, 5.41) is 17.4. The number of ether oxygens (including phenoxy) is 2. The maximum Gasteiger partial charge on any atom is 0.408 e. The van der Waals surface area contributed by atoms with E-state index < -0.39 is 48.4 Å². The van der Waals surface area contributed by atoms with Gasteiger partial charge in [0.25, 0.3) is 0 Å². The normalized spacial score (nSPS) is 12.0. The number of benzene rings is 2. The summed E-state index contributed by atoms with van der Waals surface area (Å²) in [6.45, 7) is 6.46. The Labute approximate surface area is 265 Å². The van der Waals surface area contributed by atoms with Crippen LogP contribution in [0.15, 0.2) is 72.8 Å². The molecule has 45 heavy (non-hydrogen) atoms. The Hall–Kier alpha value is -5.06. The second-order valence-corrected chi connectivity index (χ2v) is 10.8. The van der Waals surface area contributed by atoms with Gasteiger partial charge < -0.3 is 30.5 Å². The zero-order chi connectivity index (χ0) is 33.1. The molecular formula is C35H41N3O7. The van der Waals surface area contributed by atoms with E-state index in [1.807, 2.05) is 60.7 Å². The van der Waals surface area contributed by atoms with Crippen molar-refractivity contribution in [1.82, 2.24) is 16.0 Å². The van der Waals surface area contributed by atoms with Gasteiger partial charge in [0, 0.05) is 25.8 Å². The van der Waals surface area contributed by atoms with E-state index in [1.54, 1.807) is 33.8 Å². The first-order valence-electron chi connectivity index (χ1n) is 14.6. The molecular weight excluding hydrogens is 574 g/mol. The van der Waals surface area contributed by atoms with Gasteiger partial charge in [-0.25, -0.2) is 9.59 Å². The van der Waals surface area contributed by atoms with Gasteiger partial charge in [-0.1, -0.05) is 84.3 Å². The van der Waals surface area contributed by atoms with Crippen LogP contribution in [0.4, 0.5) is 4.79 Å². The van der Waals surface area contributed by atoms with Crippen molar-refractivity contribution in [2.75, 3.05) is 13.2 Å². The van der Waals surface area contributed by atoms with Crippen LogP contribution in [0, 0.1) is 23.7 Å². The summed E-state index contributed by atoms with van der Waals surface area (Å²) in [4.78, 5) is 49.0. The Balaban J connectivity index is 1.72. The summed E-state index contributed by atoms with van der Waals surface area (Å²) >= 11 is 0. The fourth-order valence-corrected chi connectivity index (χ4v) is 3.70. The average Bonchev–Trinajstić information content (AvgIpc) is 3.00. The smallest absolute Gasteiger partial charge is 0.408 e. The molecule has 0 fully saturated rings. The molecule has 3 amide bonds. The number of alkyl carbamates (subject to hydrolysis) is 1. The van der Waals surface area contributed by atoms with E-state index in [1.165, 1.54) is 6.08 Å².